The molecule has 0 unspecified atom stereocenters. The van der Waals surface area contributed by atoms with Gasteiger partial charge in [0.15, 0.2) is 0 Å². The SMILES string of the molecule is Nc1ccc(S(=O)(=O)n2cc(C3=CCNCC3)c3cc([N+](=O)[O-])ccc32)cc1. The van der Waals surface area contributed by atoms with Gasteiger partial charge in [0.1, 0.15) is 0 Å². The van der Waals surface area contributed by atoms with E-state index in [4.69, 9.17) is 5.73 Å². The molecule has 0 fully saturated rings. The fourth-order valence-corrected chi connectivity index (χ4v) is 4.75. The van der Waals surface area contributed by atoms with Crippen LogP contribution < -0.4 is 11.1 Å². The maximum Gasteiger partial charge on any atom is 0.270 e. The van der Waals surface area contributed by atoms with Crippen LogP contribution in [0.25, 0.3) is 16.5 Å². The van der Waals surface area contributed by atoms with E-state index in [-0.39, 0.29) is 10.6 Å². The zero-order chi connectivity index (χ0) is 19.9. The predicted octanol–water partition coefficient (Wildman–Crippen LogP) is 2.75. The summed E-state index contributed by atoms with van der Waals surface area (Å²) in [6, 6.07) is 10.2. The van der Waals surface area contributed by atoms with Crippen LogP contribution in [0, 0.1) is 10.1 Å². The Morgan fingerprint density at radius 2 is 1.89 bits per heavy atom. The first-order chi connectivity index (χ1) is 13.4. The Hall–Kier alpha value is -3.17. The van der Waals surface area contributed by atoms with E-state index in [1.165, 1.54) is 46.4 Å². The number of nitrogens with zero attached hydrogens (tertiary/aromatic N) is 2. The van der Waals surface area contributed by atoms with Crippen molar-refractivity contribution in [2.24, 2.45) is 0 Å². The molecule has 3 N–H and O–H groups in total. The van der Waals surface area contributed by atoms with Crippen LogP contribution in [0.4, 0.5) is 11.4 Å². The predicted molar refractivity (Wildman–Crippen MR) is 107 cm³/mol. The number of non-ortho nitro benzene ring substituents is 1. The molecular formula is C19H18N4O4S. The Bertz CT molecular complexity index is 1210. The van der Waals surface area contributed by atoms with E-state index in [9.17, 15) is 18.5 Å². The first-order valence-corrected chi connectivity index (χ1v) is 10.1. The Labute approximate surface area is 161 Å². The van der Waals surface area contributed by atoms with Crippen molar-refractivity contribution in [2.75, 3.05) is 18.8 Å². The third-order valence-corrected chi connectivity index (χ3v) is 6.50. The zero-order valence-corrected chi connectivity index (χ0v) is 15.6. The molecule has 4 rings (SSSR count). The molecule has 0 bridgehead atoms. The lowest BCUT2D eigenvalue weighted by Crippen LogP contribution is -2.20. The maximum absolute atomic E-state index is 13.2. The number of nitro groups is 1. The van der Waals surface area contributed by atoms with Crippen LogP contribution in [0.1, 0.15) is 12.0 Å². The van der Waals surface area contributed by atoms with Crippen molar-refractivity contribution in [3.05, 3.63) is 70.4 Å². The molecule has 3 aromatic rings. The highest BCUT2D eigenvalue weighted by atomic mass is 32.2. The van der Waals surface area contributed by atoms with Crippen LogP contribution in [0.3, 0.4) is 0 Å². The van der Waals surface area contributed by atoms with E-state index in [2.05, 4.69) is 5.32 Å². The fraction of sp³-hybridized carbons (Fsp3) is 0.158. The lowest BCUT2D eigenvalue weighted by Gasteiger charge is -2.13. The van der Waals surface area contributed by atoms with Gasteiger partial charge in [0.25, 0.3) is 15.7 Å². The fourth-order valence-electron chi connectivity index (χ4n) is 3.38. The second kappa shape index (κ2) is 6.77. The highest BCUT2D eigenvalue weighted by molar-refractivity contribution is 7.90. The summed E-state index contributed by atoms with van der Waals surface area (Å²) in [6.07, 6.45) is 4.25. The molecule has 8 nitrogen and oxygen atoms in total. The van der Waals surface area contributed by atoms with Gasteiger partial charge in [-0.2, -0.15) is 0 Å². The number of nitrogen functional groups attached to an aromatic ring is 1. The molecule has 0 radical (unpaired) electrons. The van der Waals surface area contributed by atoms with Gasteiger partial charge in [-0.05, 0) is 48.9 Å². The third-order valence-electron chi connectivity index (χ3n) is 4.81. The first kappa shape index (κ1) is 18.2. The Morgan fingerprint density at radius 1 is 1.14 bits per heavy atom. The van der Waals surface area contributed by atoms with Crippen LogP contribution >= 0.6 is 0 Å². The Morgan fingerprint density at radius 3 is 2.54 bits per heavy atom. The second-order valence-electron chi connectivity index (χ2n) is 6.55. The largest absolute Gasteiger partial charge is 0.399 e. The highest BCUT2D eigenvalue weighted by Crippen LogP contribution is 2.34. The van der Waals surface area contributed by atoms with E-state index >= 15 is 0 Å². The number of nitrogens with one attached hydrogen (secondary N) is 1. The van der Waals surface area contributed by atoms with Crippen molar-refractivity contribution in [3.8, 4) is 0 Å². The van der Waals surface area contributed by atoms with Crippen LogP contribution in [-0.4, -0.2) is 30.4 Å². The number of nitrogens with two attached hydrogens (primary N) is 1. The standard InChI is InChI=1S/C19H18N4O4S/c20-14-1-4-16(5-2-14)28(26,27)22-12-18(13-7-9-21-10-8-13)17-11-15(23(24)25)3-6-19(17)22/h1-7,11-12,21H,8-10,20H2. The molecule has 1 aliphatic rings. The van der Waals surface area contributed by atoms with Crippen molar-refractivity contribution < 1.29 is 13.3 Å². The monoisotopic (exact) mass is 398 g/mol. The van der Waals surface area contributed by atoms with Gasteiger partial charge in [0.2, 0.25) is 0 Å². The summed E-state index contributed by atoms with van der Waals surface area (Å²) in [6.45, 7) is 1.43. The molecule has 0 spiro atoms. The molecule has 0 aliphatic carbocycles. The van der Waals surface area contributed by atoms with E-state index in [1.807, 2.05) is 6.08 Å². The number of hydrogen-bond acceptors (Lipinski definition) is 6. The number of aromatic nitrogens is 1. The summed E-state index contributed by atoms with van der Waals surface area (Å²) in [5, 5.41) is 15.0. The minimum absolute atomic E-state index is 0.0779. The summed E-state index contributed by atoms with van der Waals surface area (Å²) >= 11 is 0. The molecule has 0 saturated carbocycles. The molecular weight excluding hydrogens is 380 g/mol. The lowest BCUT2D eigenvalue weighted by molar-refractivity contribution is -0.384. The molecule has 1 aliphatic heterocycles. The van der Waals surface area contributed by atoms with E-state index in [1.54, 1.807) is 6.20 Å². The Kier molecular flexibility index (Phi) is 4.40. The third kappa shape index (κ3) is 3.04. The van der Waals surface area contributed by atoms with Gasteiger partial charge in [-0.1, -0.05) is 6.08 Å². The maximum atomic E-state index is 13.2. The van der Waals surface area contributed by atoms with Crippen molar-refractivity contribution in [3.63, 3.8) is 0 Å². The van der Waals surface area contributed by atoms with Crippen LogP contribution in [-0.2, 0) is 10.0 Å². The molecule has 2 aromatic carbocycles. The molecule has 1 aromatic heterocycles. The van der Waals surface area contributed by atoms with Crippen molar-refractivity contribution in [1.29, 1.82) is 0 Å². The van der Waals surface area contributed by atoms with Crippen LogP contribution in [0.5, 0.6) is 0 Å². The van der Waals surface area contributed by atoms with Crippen molar-refractivity contribution >= 4 is 37.9 Å². The molecule has 0 amide bonds. The van der Waals surface area contributed by atoms with E-state index in [0.29, 0.717) is 35.1 Å². The normalized spacial score (nSPS) is 14.8. The van der Waals surface area contributed by atoms with E-state index < -0.39 is 14.9 Å². The zero-order valence-electron chi connectivity index (χ0n) is 14.8. The number of fused-ring (bicyclic) bond motifs is 1. The summed E-state index contributed by atoms with van der Waals surface area (Å²) in [5.41, 5.74) is 8.12. The number of nitro benzene ring substituents is 1. The summed E-state index contributed by atoms with van der Waals surface area (Å²) in [4.78, 5) is 10.9. The first-order valence-electron chi connectivity index (χ1n) is 8.68. The van der Waals surface area contributed by atoms with Gasteiger partial charge in [-0.15, -0.1) is 0 Å². The topological polar surface area (TPSA) is 120 Å². The number of hydrogen-bond donors (Lipinski definition) is 2. The smallest absolute Gasteiger partial charge is 0.270 e. The van der Waals surface area contributed by atoms with Gasteiger partial charge in [-0.3, -0.25) is 10.1 Å². The van der Waals surface area contributed by atoms with Gasteiger partial charge in [0.05, 0.1) is 15.3 Å². The highest BCUT2D eigenvalue weighted by Gasteiger charge is 2.24. The molecule has 28 heavy (non-hydrogen) atoms. The summed E-state index contributed by atoms with van der Waals surface area (Å²) in [5.74, 6) is 0. The molecule has 0 saturated heterocycles. The molecule has 0 atom stereocenters. The average Bonchev–Trinajstić information content (AvgIpc) is 3.08. The molecule has 2 heterocycles. The molecule has 144 valence electrons. The molecule has 9 heteroatoms. The number of rotatable bonds is 4. The summed E-state index contributed by atoms with van der Waals surface area (Å²) in [7, 11) is -3.88. The minimum atomic E-state index is -3.88. The van der Waals surface area contributed by atoms with Crippen LogP contribution in [0.15, 0.2) is 59.6 Å². The van der Waals surface area contributed by atoms with Crippen molar-refractivity contribution in [1.82, 2.24) is 9.29 Å². The van der Waals surface area contributed by atoms with Crippen LogP contribution in [0.2, 0.25) is 0 Å². The second-order valence-corrected chi connectivity index (χ2v) is 8.37. The number of anilines is 1. The quantitative estimate of drug-likeness (QED) is 0.396. The van der Waals surface area contributed by atoms with Crippen molar-refractivity contribution in [2.45, 2.75) is 11.3 Å². The van der Waals surface area contributed by atoms with E-state index in [0.717, 1.165) is 12.1 Å². The van der Waals surface area contributed by atoms with Gasteiger partial charge < -0.3 is 11.1 Å². The van der Waals surface area contributed by atoms with Gasteiger partial charge in [-0.25, -0.2) is 12.4 Å². The summed E-state index contributed by atoms with van der Waals surface area (Å²) < 4.78 is 27.7. The van der Waals surface area contributed by atoms with Gasteiger partial charge in [0, 0.05) is 41.5 Å². The Balaban J connectivity index is 1.97. The minimum Gasteiger partial charge on any atom is -0.399 e. The lowest BCUT2D eigenvalue weighted by atomic mass is 9.99. The number of benzene rings is 2. The van der Waals surface area contributed by atoms with Gasteiger partial charge >= 0.3 is 0 Å². The average molecular weight is 398 g/mol.